The van der Waals surface area contributed by atoms with Gasteiger partial charge in [-0.3, -0.25) is 19.2 Å². The predicted octanol–water partition coefficient (Wildman–Crippen LogP) is 6.79. The molecule has 18 heteroatoms. The number of cyclic esters (lactones) is 4. The highest BCUT2D eigenvalue weighted by Crippen LogP contribution is 2.39. The third-order valence-corrected chi connectivity index (χ3v) is 14.2. The van der Waals surface area contributed by atoms with E-state index in [0.29, 0.717) is 23.6 Å². The molecule has 422 valence electrons. The Morgan fingerprint density at radius 1 is 0.468 bits per heavy atom. The van der Waals surface area contributed by atoms with E-state index in [4.69, 9.17) is 18.9 Å². The molecule has 1 saturated carbocycles. The van der Waals surface area contributed by atoms with Crippen LogP contribution >= 0.6 is 0 Å². The highest BCUT2D eigenvalue weighted by molar-refractivity contribution is 5.94. The van der Waals surface area contributed by atoms with Crippen molar-refractivity contribution in [1.82, 2.24) is 29.2 Å². The van der Waals surface area contributed by atoms with Crippen LogP contribution in [0.25, 0.3) is 0 Å². The lowest BCUT2D eigenvalue weighted by molar-refractivity contribution is -0.176. The SMILES string of the molecule is CC(C)C[C@H]1C(=O)O[C@H](Cc2ccc(Cn3ccnc3C3CC3)cc2)C(=O)N(C)[C@@H](CC(C)C)C(=O)O[C@H](C)C(=O)N(C)[C@@H](CC(C)C)C(=O)O[C@H](Cc2ccccc2)C(=O)N(C)[C@@H](CC(C)C)C(=O)O[C@H](C)C(=O)N1C. The summed E-state index contributed by atoms with van der Waals surface area (Å²) in [6.45, 7) is 18.2. The van der Waals surface area contributed by atoms with Gasteiger partial charge in [0, 0.05) is 65.9 Å². The van der Waals surface area contributed by atoms with Crippen LogP contribution in [0.4, 0.5) is 0 Å². The van der Waals surface area contributed by atoms with Gasteiger partial charge in [-0.1, -0.05) is 110 Å². The molecule has 4 amide bonds. The Morgan fingerprint density at radius 3 is 1.17 bits per heavy atom. The largest absolute Gasteiger partial charge is 0.451 e. The van der Waals surface area contributed by atoms with Gasteiger partial charge in [0.2, 0.25) is 0 Å². The molecule has 77 heavy (non-hydrogen) atoms. The van der Waals surface area contributed by atoms with Crippen LogP contribution < -0.4 is 0 Å². The number of carbonyl (C=O) groups is 8. The van der Waals surface area contributed by atoms with Crippen LogP contribution in [0.5, 0.6) is 0 Å². The number of likely N-dealkylation sites (N-methyl/N-ethyl adjacent to an activating group) is 4. The van der Waals surface area contributed by atoms with Gasteiger partial charge in [-0.05, 0) is 92.7 Å². The Labute approximate surface area is 455 Å². The summed E-state index contributed by atoms with van der Waals surface area (Å²) in [6.07, 6.45) is 0.232. The molecule has 0 N–H and O–H groups in total. The third-order valence-electron chi connectivity index (χ3n) is 14.2. The molecule has 5 rings (SSSR count). The van der Waals surface area contributed by atoms with Crippen LogP contribution in [0.15, 0.2) is 67.0 Å². The van der Waals surface area contributed by atoms with Crippen molar-refractivity contribution in [3.8, 4) is 0 Å². The zero-order valence-corrected chi connectivity index (χ0v) is 47.8. The zero-order valence-electron chi connectivity index (χ0n) is 47.8. The number of ether oxygens (including phenoxy) is 4. The summed E-state index contributed by atoms with van der Waals surface area (Å²) in [5, 5.41) is 0. The van der Waals surface area contributed by atoms with Crippen LogP contribution in [-0.2, 0) is 76.7 Å². The Kier molecular flexibility index (Phi) is 22.0. The van der Waals surface area contributed by atoms with Gasteiger partial charge < -0.3 is 43.1 Å². The topological polar surface area (TPSA) is 204 Å². The lowest BCUT2D eigenvalue weighted by atomic mass is 9.99. The molecule has 18 nitrogen and oxygen atoms in total. The second-order valence-electron chi connectivity index (χ2n) is 22.8. The zero-order chi connectivity index (χ0) is 57.0. The fraction of sp³-hybridized carbons (Fsp3) is 0.610. The highest BCUT2D eigenvalue weighted by Gasteiger charge is 2.43. The van der Waals surface area contributed by atoms with Gasteiger partial charge in [-0.25, -0.2) is 24.2 Å². The molecule has 2 heterocycles. The van der Waals surface area contributed by atoms with Crippen LogP contribution in [0.1, 0.15) is 136 Å². The maximum atomic E-state index is 15.0. The van der Waals surface area contributed by atoms with Crippen LogP contribution in [0.2, 0.25) is 0 Å². The molecule has 0 bridgehead atoms. The Hall–Kier alpha value is -6.59. The van der Waals surface area contributed by atoms with E-state index >= 15 is 4.79 Å². The smallest absolute Gasteiger partial charge is 0.329 e. The van der Waals surface area contributed by atoms with E-state index in [1.165, 1.54) is 46.9 Å². The van der Waals surface area contributed by atoms with Crippen molar-refractivity contribution in [2.75, 3.05) is 28.2 Å². The molecule has 1 aliphatic carbocycles. The molecule has 2 aliphatic rings. The molecule has 1 aliphatic heterocycles. The van der Waals surface area contributed by atoms with Gasteiger partial charge in [0.25, 0.3) is 23.6 Å². The van der Waals surface area contributed by atoms with E-state index in [9.17, 15) is 33.6 Å². The van der Waals surface area contributed by atoms with Gasteiger partial charge >= 0.3 is 23.9 Å². The molecule has 1 aromatic heterocycles. The van der Waals surface area contributed by atoms with E-state index in [0.717, 1.165) is 38.9 Å². The number of rotatable bonds is 15. The molecule has 0 unspecified atom stereocenters. The third kappa shape index (κ3) is 17.0. The average molecular weight is 1070 g/mol. The number of benzene rings is 2. The first-order valence-electron chi connectivity index (χ1n) is 27.3. The van der Waals surface area contributed by atoms with Gasteiger partial charge in [-0.15, -0.1) is 0 Å². The van der Waals surface area contributed by atoms with E-state index < -0.39 is 96.1 Å². The number of esters is 4. The first-order valence-corrected chi connectivity index (χ1v) is 27.3. The first kappa shape index (κ1) is 61.3. The number of aromatic nitrogens is 2. The summed E-state index contributed by atoms with van der Waals surface area (Å²) in [4.78, 5) is 126. The molecular formula is C59H84N6O12. The van der Waals surface area contributed by atoms with Crippen LogP contribution in [-0.4, -0.2) is 153 Å². The molecule has 1 saturated heterocycles. The van der Waals surface area contributed by atoms with Crippen molar-refractivity contribution in [2.45, 2.75) is 182 Å². The number of hydrogen-bond acceptors (Lipinski definition) is 13. The minimum Gasteiger partial charge on any atom is -0.451 e. The molecular weight excluding hydrogens is 985 g/mol. The lowest BCUT2D eigenvalue weighted by Crippen LogP contribution is -2.55. The van der Waals surface area contributed by atoms with Gasteiger partial charge in [0.05, 0.1) is 0 Å². The fourth-order valence-electron chi connectivity index (χ4n) is 9.66. The summed E-state index contributed by atoms with van der Waals surface area (Å²) in [5.41, 5.74) is 2.27. The highest BCUT2D eigenvalue weighted by atomic mass is 16.6. The summed E-state index contributed by atoms with van der Waals surface area (Å²) >= 11 is 0. The molecule has 2 aromatic carbocycles. The van der Waals surface area contributed by atoms with Gasteiger partial charge in [-0.2, -0.15) is 0 Å². The molecule has 2 fully saturated rings. The fourth-order valence-corrected chi connectivity index (χ4v) is 9.66. The molecule has 3 aromatic rings. The average Bonchev–Trinajstić information content (AvgIpc) is 4.12. The Bertz CT molecular complexity index is 2490. The minimum absolute atomic E-state index is 0.0864. The maximum Gasteiger partial charge on any atom is 0.329 e. The van der Waals surface area contributed by atoms with E-state index in [1.807, 2.05) is 85.9 Å². The number of carbonyl (C=O) groups excluding carboxylic acids is 8. The second-order valence-corrected chi connectivity index (χ2v) is 22.8. The number of nitrogens with zero attached hydrogens (tertiary/aromatic N) is 6. The quantitative estimate of drug-likeness (QED) is 0.114. The summed E-state index contributed by atoms with van der Waals surface area (Å²) in [5.74, 6) is -5.74. The van der Waals surface area contributed by atoms with Gasteiger partial charge in [0.15, 0.2) is 24.4 Å². The summed E-state index contributed by atoms with van der Waals surface area (Å²) in [6, 6.07) is 11.4. The summed E-state index contributed by atoms with van der Waals surface area (Å²) < 4.78 is 26.2. The van der Waals surface area contributed by atoms with Crippen LogP contribution in [0.3, 0.4) is 0 Å². The van der Waals surface area contributed by atoms with Crippen molar-refractivity contribution in [2.24, 2.45) is 23.7 Å². The predicted molar refractivity (Wildman–Crippen MR) is 289 cm³/mol. The number of imidazole rings is 1. The van der Waals surface area contributed by atoms with Crippen molar-refractivity contribution < 1.29 is 57.3 Å². The molecule has 0 radical (unpaired) electrons. The van der Waals surface area contributed by atoms with E-state index in [1.54, 1.807) is 36.5 Å². The first-order chi connectivity index (χ1) is 36.3. The van der Waals surface area contributed by atoms with Gasteiger partial charge in [0.1, 0.15) is 30.0 Å². The number of amides is 4. The number of hydrogen-bond donors (Lipinski definition) is 0. The van der Waals surface area contributed by atoms with Crippen molar-refractivity contribution in [1.29, 1.82) is 0 Å². The van der Waals surface area contributed by atoms with Crippen molar-refractivity contribution in [3.05, 3.63) is 89.5 Å². The molecule has 0 spiro atoms. The lowest BCUT2D eigenvalue weighted by Gasteiger charge is -2.35. The molecule has 8 atom stereocenters. The van der Waals surface area contributed by atoms with Crippen molar-refractivity contribution in [3.63, 3.8) is 0 Å². The van der Waals surface area contributed by atoms with E-state index in [2.05, 4.69) is 9.55 Å². The monoisotopic (exact) mass is 1070 g/mol. The minimum atomic E-state index is -1.52. The summed E-state index contributed by atoms with van der Waals surface area (Å²) in [7, 11) is 5.60. The van der Waals surface area contributed by atoms with Crippen LogP contribution in [0, 0.1) is 23.7 Å². The maximum absolute atomic E-state index is 15.0. The van der Waals surface area contributed by atoms with Crippen molar-refractivity contribution >= 4 is 47.5 Å². The van der Waals surface area contributed by atoms with E-state index in [-0.39, 0.29) is 62.2 Å². The Morgan fingerprint density at radius 2 is 0.805 bits per heavy atom. The standard InChI is InChI=1S/C59H84N6O12/c1-35(2)28-45-56(70)74-40(10)53(67)62(12)48(31-38(7)8)59(73)77-50(33-42-20-22-43(23-21-42)34-65-27-26-60-51(65)44-24-25-44)55(69)64(14)46(29-36(3)4)57(71)75-39(9)52(66)61(11)47(30-37(5)6)58(72)76-49(54(68)63(45)13)32-41-18-16-15-17-19-41/h15-23,26-27,35-40,44-50H,24-25,28-34H2,1-14H3/t39-,40-,45+,46+,47+,48+,49-,50-/m1/s1. The Balaban J connectivity index is 1.58. The second kappa shape index (κ2) is 27.6. The normalized spacial score (nSPS) is 24.6.